The van der Waals surface area contributed by atoms with Crippen molar-refractivity contribution in [1.82, 2.24) is 0 Å². The van der Waals surface area contributed by atoms with E-state index in [1.165, 1.54) is 23.0 Å². The Labute approximate surface area is 155 Å². The van der Waals surface area contributed by atoms with Crippen LogP contribution in [0.1, 0.15) is 36.1 Å². The summed E-state index contributed by atoms with van der Waals surface area (Å²) in [5.74, 6) is 1.06. The Balaban J connectivity index is 1.75. The van der Waals surface area contributed by atoms with E-state index in [-0.39, 0.29) is 5.82 Å². The molecule has 0 atom stereocenters. The number of thiophene rings is 1. The molecule has 1 saturated carbocycles. The van der Waals surface area contributed by atoms with Crippen molar-refractivity contribution in [1.29, 1.82) is 0 Å². The standard InChI is InChI=1S/C22H19FO2S/c23-16-8-9-17-19(12-16)26-22(21(24)14-3-1-4-14)20(17)15-7-6-13-5-2-10-25-18(13)11-15/h6-9,11-12,24H,1-5,10H2. The molecular weight excluding hydrogens is 347 g/mol. The first-order valence-corrected chi connectivity index (χ1v) is 9.92. The molecule has 0 saturated heterocycles. The van der Waals surface area contributed by atoms with Crippen molar-refractivity contribution in [2.24, 2.45) is 0 Å². The number of hydrogen-bond donors (Lipinski definition) is 1. The zero-order valence-electron chi connectivity index (χ0n) is 14.3. The van der Waals surface area contributed by atoms with Crippen LogP contribution in [0.2, 0.25) is 0 Å². The Morgan fingerprint density at radius 3 is 2.73 bits per heavy atom. The third-order valence-corrected chi connectivity index (χ3v) is 6.52. The molecule has 2 nitrogen and oxygen atoms in total. The maximum absolute atomic E-state index is 13.8. The number of benzene rings is 2. The molecule has 1 fully saturated rings. The van der Waals surface area contributed by atoms with E-state index < -0.39 is 0 Å². The molecule has 0 amide bonds. The average molecular weight is 366 g/mol. The minimum atomic E-state index is -0.249. The van der Waals surface area contributed by atoms with E-state index in [1.807, 2.05) is 6.07 Å². The highest BCUT2D eigenvalue weighted by molar-refractivity contribution is 7.20. The summed E-state index contributed by atoms with van der Waals surface area (Å²) in [5, 5.41) is 11.8. The Bertz CT molecular complexity index is 1040. The highest BCUT2D eigenvalue weighted by Gasteiger charge is 2.23. The summed E-state index contributed by atoms with van der Waals surface area (Å²) in [6.07, 6.45) is 5.10. The molecule has 1 N–H and O–H groups in total. The third-order valence-electron chi connectivity index (χ3n) is 5.36. The van der Waals surface area contributed by atoms with Gasteiger partial charge in [-0.2, -0.15) is 0 Å². The highest BCUT2D eigenvalue weighted by atomic mass is 32.1. The van der Waals surface area contributed by atoms with Gasteiger partial charge in [0.1, 0.15) is 17.3 Å². The van der Waals surface area contributed by atoms with Gasteiger partial charge < -0.3 is 9.84 Å². The number of rotatable bonds is 2. The molecule has 4 heteroatoms. The first-order valence-electron chi connectivity index (χ1n) is 9.10. The SMILES string of the molecule is OC(=C1CCC1)c1sc2cc(F)ccc2c1-c1ccc2c(c1)OCCC2. The van der Waals surface area contributed by atoms with Gasteiger partial charge in [-0.3, -0.25) is 0 Å². The molecule has 132 valence electrons. The molecule has 0 unspecified atom stereocenters. The maximum atomic E-state index is 13.8. The second-order valence-corrected chi connectivity index (χ2v) is 8.08. The van der Waals surface area contributed by atoms with Gasteiger partial charge in [-0.25, -0.2) is 4.39 Å². The molecule has 2 heterocycles. The molecule has 2 aliphatic rings. The first-order chi connectivity index (χ1) is 12.7. The van der Waals surface area contributed by atoms with Crippen LogP contribution < -0.4 is 4.74 Å². The van der Waals surface area contributed by atoms with Gasteiger partial charge in [-0.1, -0.05) is 12.1 Å². The van der Waals surface area contributed by atoms with Crippen molar-refractivity contribution in [3.63, 3.8) is 0 Å². The fourth-order valence-corrected chi connectivity index (χ4v) is 5.01. The van der Waals surface area contributed by atoms with Gasteiger partial charge in [0.05, 0.1) is 11.5 Å². The van der Waals surface area contributed by atoms with Gasteiger partial charge >= 0.3 is 0 Å². The molecule has 0 spiro atoms. The number of aliphatic hydroxyl groups excluding tert-OH is 1. The smallest absolute Gasteiger partial charge is 0.132 e. The van der Waals surface area contributed by atoms with E-state index in [0.717, 1.165) is 76.1 Å². The quantitative estimate of drug-likeness (QED) is 0.526. The van der Waals surface area contributed by atoms with Crippen LogP contribution in [-0.4, -0.2) is 11.7 Å². The van der Waals surface area contributed by atoms with Crippen molar-refractivity contribution in [2.75, 3.05) is 6.61 Å². The summed E-state index contributed by atoms with van der Waals surface area (Å²) in [6.45, 7) is 0.744. The van der Waals surface area contributed by atoms with Crippen LogP contribution >= 0.6 is 11.3 Å². The molecule has 26 heavy (non-hydrogen) atoms. The fourth-order valence-electron chi connectivity index (χ4n) is 3.77. The monoisotopic (exact) mass is 366 g/mol. The predicted octanol–water partition coefficient (Wildman–Crippen LogP) is 6.49. The van der Waals surface area contributed by atoms with Crippen molar-refractivity contribution in [3.05, 3.63) is 58.2 Å². The summed E-state index contributed by atoms with van der Waals surface area (Å²) < 4.78 is 20.5. The molecule has 1 aliphatic heterocycles. The van der Waals surface area contributed by atoms with Gasteiger partial charge in [-0.05, 0) is 73.1 Å². The van der Waals surface area contributed by atoms with E-state index in [9.17, 15) is 9.50 Å². The minimum Gasteiger partial charge on any atom is -0.506 e. The molecule has 1 aliphatic carbocycles. The number of allylic oxidation sites excluding steroid dienone is 1. The van der Waals surface area contributed by atoms with Crippen LogP contribution in [0.15, 0.2) is 42.0 Å². The van der Waals surface area contributed by atoms with Crippen LogP contribution in [0, 0.1) is 5.82 Å². The number of aliphatic hydroxyl groups is 1. The lowest BCUT2D eigenvalue weighted by Gasteiger charge is -2.20. The molecular formula is C22H19FO2S. The Hall–Kier alpha value is -2.33. The lowest BCUT2D eigenvalue weighted by atomic mass is 9.89. The number of fused-ring (bicyclic) bond motifs is 2. The summed E-state index contributed by atoms with van der Waals surface area (Å²) in [7, 11) is 0. The Morgan fingerprint density at radius 2 is 1.92 bits per heavy atom. The topological polar surface area (TPSA) is 29.5 Å². The van der Waals surface area contributed by atoms with Crippen LogP contribution in [0.3, 0.4) is 0 Å². The summed E-state index contributed by atoms with van der Waals surface area (Å²) in [5.41, 5.74) is 4.34. The lowest BCUT2D eigenvalue weighted by Crippen LogP contribution is -2.08. The van der Waals surface area contributed by atoms with E-state index in [4.69, 9.17) is 4.74 Å². The van der Waals surface area contributed by atoms with Gasteiger partial charge in [0.15, 0.2) is 0 Å². The Kier molecular flexibility index (Phi) is 3.75. The minimum absolute atomic E-state index is 0.249. The van der Waals surface area contributed by atoms with Crippen LogP contribution in [-0.2, 0) is 6.42 Å². The van der Waals surface area contributed by atoms with E-state index in [2.05, 4.69) is 18.2 Å². The molecule has 2 aromatic carbocycles. The zero-order chi connectivity index (χ0) is 17.7. The summed E-state index contributed by atoms with van der Waals surface area (Å²) in [4.78, 5) is 0.844. The highest BCUT2D eigenvalue weighted by Crippen LogP contribution is 2.46. The van der Waals surface area contributed by atoms with Crippen LogP contribution in [0.4, 0.5) is 4.39 Å². The van der Waals surface area contributed by atoms with Gasteiger partial charge in [0.2, 0.25) is 0 Å². The van der Waals surface area contributed by atoms with Crippen molar-refractivity contribution < 1.29 is 14.2 Å². The van der Waals surface area contributed by atoms with Gasteiger partial charge in [0, 0.05) is 15.6 Å². The normalized spacial score (nSPS) is 16.1. The van der Waals surface area contributed by atoms with E-state index in [1.54, 1.807) is 6.07 Å². The number of hydrogen-bond acceptors (Lipinski definition) is 3. The second-order valence-electron chi connectivity index (χ2n) is 7.03. The molecule has 1 aromatic heterocycles. The maximum Gasteiger partial charge on any atom is 0.132 e. The van der Waals surface area contributed by atoms with E-state index in [0.29, 0.717) is 5.76 Å². The van der Waals surface area contributed by atoms with Crippen molar-refractivity contribution in [3.8, 4) is 16.9 Å². The summed E-state index contributed by atoms with van der Waals surface area (Å²) in [6, 6.07) is 11.2. The molecule has 0 radical (unpaired) electrons. The number of aryl methyl sites for hydroxylation is 1. The van der Waals surface area contributed by atoms with Crippen molar-refractivity contribution in [2.45, 2.75) is 32.1 Å². The first kappa shape index (κ1) is 15.9. The largest absolute Gasteiger partial charge is 0.506 e. The lowest BCUT2D eigenvalue weighted by molar-refractivity contribution is 0.288. The molecule has 5 rings (SSSR count). The van der Waals surface area contributed by atoms with Gasteiger partial charge in [0.25, 0.3) is 0 Å². The van der Waals surface area contributed by atoms with E-state index >= 15 is 0 Å². The molecule has 0 bridgehead atoms. The van der Waals surface area contributed by atoms with Gasteiger partial charge in [-0.15, -0.1) is 11.3 Å². The third kappa shape index (κ3) is 2.52. The number of ether oxygens (including phenoxy) is 1. The van der Waals surface area contributed by atoms with Crippen LogP contribution in [0.5, 0.6) is 5.75 Å². The summed E-state index contributed by atoms with van der Waals surface area (Å²) >= 11 is 1.47. The molecule has 3 aromatic rings. The Morgan fingerprint density at radius 1 is 1.04 bits per heavy atom. The second kappa shape index (κ2) is 6.13. The van der Waals surface area contributed by atoms with Crippen LogP contribution in [0.25, 0.3) is 27.0 Å². The number of halogens is 1. The zero-order valence-corrected chi connectivity index (χ0v) is 15.2. The average Bonchev–Trinajstić information content (AvgIpc) is 2.98. The van der Waals surface area contributed by atoms with Crippen molar-refractivity contribution >= 4 is 27.2 Å². The predicted molar refractivity (Wildman–Crippen MR) is 104 cm³/mol. The fraction of sp³-hybridized carbons (Fsp3) is 0.273.